The summed E-state index contributed by atoms with van der Waals surface area (Å²) in [7, 11) is 3.88. The Morgan fingerprint density at radius 1 is 1.50 bits per heavy atom. The highest BCUT2D eigenvalue weighted by Crippen LogP contribution is 2.29. The van der Waals surface area contributed by atoms with E-state index in [1.165, 1.54) is 0 Å². The topological polar surface area (TPSA) is 32.3 Å². The molecule has 0 saturated carbocycles. The monoisotopic (exact) mass is 250 g/mol. The van der Waals surface area contributed by atoms with Gasteiger partial charge in [0, 0.05) is 5.57 Å². The SMILES string of the molecule is CC(C)C1C=C(C(=O)NCN(C)C)C=CCC1C. The average Bonchev–Trinajstić information content (AvgIpc) is 2.48. The van der Waals surface area contributed by atoms with Gasteiger partial charge in [-0.05, 0) is 38.3 Å². The summed E-state index contributed by atoms with van der Waals surface area (Å²) >= 11 is 0. The maximum atomic E-state index is 12.1. The summed E-state index contributed by atoms with van der Waals surface area (Å²) in [6.07, 6.45) is 7.27. The van der Waals surface area contributed by atoms with Crippen LogP contribution in [0.25, 0.3) is 0 Å². The third kappa shape index (κ3) is 4.30. The Bertz CT molecular complexity index is 342. The maximum absolute atomic E-state index is 12.1. The van der Waals surface area contributed by atoms with Crippen molar-refractivity contribution < 1.29 is 4.79 Å². The van der Waals surface area contributed by atoms with Crippen LogP contribution in [0.15, 0.2) is 23.8 Å². The van der Waals surface area contributed by atoms with Crippen LogP contribution in [0.5, 0.6) is 0 Å². The van der Waals surface area contributed by atoms with Crippen LogP contribution >= 0.6 is 0 Å². The number of nitrogens with one attached hydrogen (secondary N) is 1. The van der Waals surface area contributed by atoms with Crippen molar-refractivity contribution >= 4 is 5.91 Å². The second kappa shape index (κ2) is 6.74. The minimum absolute atomic E-state index is 0.0275. The Morgan fingerprint density at radius 3 is 2.72 bits per heavy atom. The molecule has 0 fully saturated rings. The van der Waals surface area contributed by atoms with Crippen LogP contribution < -0.4 is 5.32 Å². The number of amides is 1. The van der Waals surface area contributed by atoms with Crippen molar-refractivity contribution in [2.75, 3.05) is 20.8 Å². The van der Waals surface area contributed by atoms with Gasteiger partial charge in [0.1, 0.15) is 0 Å². The third-order valence-corrected chi connectivity index (χ3v) is 3.42. The average molecular weight is 250 g/mol. The molecule has 0 saturated heterocycles. The molecule has 0 aromatic heterocycles. The quantitative estimate of drug-likeness (QED) is 0.777. The predicted molar refractivity (Wildman–Crippen MR) is 76.0 cm³/mol. The maximum Gasteiger partial charge on any atom is 0.251 e. The molecule has 2 unspecified atom stereocenters. The van der Waals surface area contributed by atoms with Gasteiger partial charge in [-0.1, -0.05) is 39.0 Å². The summed E-state index contributed by atoms with van der Waals surface area (Å²) in [6.45, 7) is 7.27. The van der Waals surface area contributed by atoms with E-state index in [9.17, 15) is 4.79 Å². The zero-order chi connectivity index (χ0) is 13.7. The molecule has 0 bridgehead atoms. The molecule has 102 valence electrons. The predicted octanol–water partition coefficient (Wildman–Crippen LogP) is 2.42. The molecule has 1 aliphatic rings. The molecule has 0 aromatic rings. The minimum Gasteiger partial charge on any atom is -0.339 e. The lowest BCUT2D eigenvalue weighted by Crippen LogP contribution is -2.33. The van der Waals surface area contributed by atoms with Crippen LogP contribution in [0.4, 0.5) is 0 Å². The summed E-state index contributed by atoms with van der Waals surface area (Å²) in [5.41, 5.74) is 0.805. The number of allylic oxidation sites excluding steroid dienone is 2. The smallest absolute Gasteiger partial charge is 0.251 e. The van der Waals surface area contributed by atoms with Gasteiger partial charge in [0.25, 0.3) is 5.91 Å². The zero-order valence-corrected chi connectivity index (χ0v) is 12.2. The molecular weight excluding hydrogens is 224 g/mol. The largest absolute Gasteiger partial charge is 0.339 e. The molecule has 0 radical (unpaired) electrons. The highest BCUT2D eigenvalue weighted by Gasteiger charge is 2.21. The normalized spacial score (nSPS) is 24.1. The molecule has 0 spiro atoms. The van der Waals surface area contributed by atoms with Crippen molar-refractivity contribution in [1.29, 1.82) is 0 Å². The molecule has 3 heteroatoms. The Labute approximate surface area is 111 Å². The molecule has 0 aromatic carbocycles. The van der Waals surface area contributed by atoms with Crippen molar-refractivity contribution in [3.8, 4) is 0 Å². The van der Waals surface area contributed by atoms with Crippen LogP contribution in [0.2, 0.25) is 0 Å². The lowest BCUT2D eigenvalue weighted by atomic mass is 9.82. The first-order chi connectivity index (χ1) is 8.41. The lowest BCUT2D eigenvalue weighted by Gasteiger charge is -2.23. The molecular formula is C15H26N2O. The first-order valence-electron chi connectivity index (χ1n) is 6.73. The first-order valence-corrected chi connectivity index (χ1v) is 6.73. The van der Waals surface area contributed by atoms with E-state index in [2.05, 4.69) is 38.2 Å². The van der Waals surface area contributed by atoms with Crippen LogP contribution in [-0.4, -0.2) is 31.6 Å². The Morgan fingerprint density at radius 2 is 2.17 bits per heavy atom. The fourth-order valence-corrected chi connectivity index (χ4v) is 2.33. The van der Waals surface area contributed by atoms with E-state index >= 15 is 0 Å². The molecule has 1 N–H and O–H groups in total. The fraction of sp³-hybridized carbons (Fsp3) is 0.667. The molecule has 3 nitrogen and oxygen atoms in total. The van der Waals surface area contributed by atoms with E-state index in [0.29, 0.717) is 24.4 Å². The summed E-state index contributed by atoms with van der Waals surface area (Å²) in [6, 6.07) is 0. The lowest BCUT2D eigenvalue weighted by molar-refractivity contribution is -0.117. The number of carbonyl (C=O) groups is 1. The zero-order valence-electron chi connectivity index (χ0n) is 12.2. The molecule has 18 heavy (non-hydrogen) atoms. The second-order valence-corrected chi connectivity index (χ2v) is 5.80. The van der Waals surface area contributed by atoms with E-state index < -0.39 is 0 Å². The van der Waals surface area contributed by atoms with Crippen molar-refractivity contribution in [2.45, 2.75) is 27.2 Å². The fourth-order valence-electron chi connectivity index (χ4n) is 2.33. The summed E-state index contributed by atoms with van der Waals surface area (Å²) in [5, 5.41) is 2.92. The molecule has 0 heterocycles. The van der Waals surface area contributed by atoms with Gasteiger partial charge in [0.15, 0.2) is 0 Å². The second-order valence-electron chi connectivity index (χ2n) is 5.80. The van der Waals surface area contributed by atoms with Crippen molar-refractivity contribution in [1.82, 2.24) is 10.2 Å². The van der Waals surface area contributed by atoms with Gasteiger partial charge in [-0.25, -0.2) is 0 Å². The van der Waals surface area contributed by atoms with Crippen molar-refractivity contribution in [3.63, 3.8) is 0 Å². The molecule has 0 aliphatic heterocycles. The van der Waals surface area contributed by atoms with Crippen LogP contribution in [0.1, 0.15) is 27.2 Å². The van der Waals surface area contributed by atoms with Gasteiger partial charge in [-0.15, -0.1) is 0 Å². The summed E-state index contributed by atoms with van der Waals surface area (Å²) < 4.78 is 0. The van der Waals surface area contributed by atoms with Gasteiger partial charge in [0.05, 0.1) is 6.67 Å². The van der Waals surface area contributed by atoms with Crippen LogP contribution in [0.3, 0.4) is 0 Å². The summed E-state index contributed by atoms with van der Waals surface area (Å²) in [5.74, 6) is 1.66. The van der Waals surface area contributed by atoms with E-state index in [1.54, 1.807) is 0 Å². The third-order valence-electron chi connectivity index (χ3n) is 3.42. The van der Waals surface area contributed by atoms with Gasteiger partial charge in [0.2, 0.25) is 0 Å². The first kappa shape index (κ1) is 15.0. The van der Waals surface area contributed by atoms with Crippen molar-refractivity contribution in [2.24, 2.45) is 17.8 Å². The van der Waals surface area contributed by atoms with Gasteiger partial charge >= 0.3 is 0 Å². The Balaban J connectivity index is 2.78. The highest BCUT2D eigenvalue weighted by atomic mass is 16.1. The Kier molecular flexibility index (Phi) is 5.60. The Hall–Kier alpha value is -1.09. The van der Waals surface area contributed by atoms with Crippen LogP contribution in [0, 0.1) is 17.8 Å². The number of rotatable bonds is 4. The van der Waals surface area contributed by atoms with Gasteiger partial charge in [-0.2, -0.15) is 0 Å². The van der Waals surface area contributed by atoms with E-state index in [-0.39, 0.29) is 5.91 Å². The number of hydrogen-bond acceptors (Lipinski definition) is 2. The van der Waals surface area contributed by atoms with E-state index in [4.69, 9.17) is 0 Å². The van der Waals surface area contributed by atoms with E-state index in [1.807, 2.05) is 25.1 Å². The minimum atomic E-state index is 0.0275. The number of nitrogens with zero attached hydrogens (tertiary/aromatic N) is 1. The molecule has 2 atom stereocenters. The molecule has 1 rings (SSSR count). The van der Waals surface area contributed by atoms with Crippen LogP contribution in [-0.2, 0) is 4.79 Å². The number of hydrogen-bond donors (Lipinski definition) is 1. The van der Waals surface area contributed by atoms with E-state index in [0.717, 1.165) is 12.0 Å². The van der Waals surface area contributed by atoms with Gasteiger partial charge < -0.3 is 5.32 Å². The molecule has 1 aliphatic carbocycles. The summed E-state index contributed by atoms with van der Waals surface area (Å²) in [4.78, 5) is 14.0. The number of carbonyl (C=O) groups excluding carboxylic acids is 1. The van der Waals surface area contributed by atoms with Crippen molar-refractivity contribution in [3.05, 3.63) is 23.8 Å². The molecule has 1 amide bonds. The standard InChI is InChI=1S/C15H26N2O/c1-11(2)14-9-13(8-6-7-12(14)3)15(18)16-10-17(4)5/h6,8-9,11-12,14H,7,10H2,1-5H3,(H,16,18). The van der Waals surface area contributed by atoms with Gasteiger partial charge in [-0.3, -0.25) is 9.69 Å². The highest BCUT2D eigenvalue weighted by molar-refractivity contribution is 5.96.